The van der Waals surface area contributed by atoms with Gasteiger partial charge in [0.25, 0.3) is 0 Å². The van der Waals surface area contributed by atoms with Gasteiger partial charge >= 0.3 is 12.1 Å². The molecule has 0 aliphatic carbocycles. The van der Waals surface area contributed by atoms with Crippen LogP contribution in [0, 0.1) is 6.92 Å². The van der Waals surface area contributed by atoms with Gasteiger partial charge in [0.2, 0.25) is 5.43 Å². The summed E-state index contributed by atoms with van der Waals surface area (Å²) < 4.78 is 17.5. The second-order valence-corrected chi connectivity index (χ2v) is 5.87. The largest absolute Gasteiger partial charge is 0.482 e. The molecule has 0 amide bonds. The zero-order chi connectivity index (χ0) is 21.1. The molecule has 0 saturated carbocycles. The van der Waals surface area contributed by atoms with Crippen LogP contribution in [0.4, 0.5) is 0 Å². The summed E-state index contributed by atoms with van der Waals surface area (Å²) in [6.07, 6.45) is 1.73. The van der Waals surface area contributed by atoms with E-state index in [4.69, 9.17) is 23.8 Å². The lowest BCUT2D eigenvalue weighted by molar-refractivity contribution is -0.191. The summed E-state index contributed by atoms with van der Waals surface area (Å²) in [6.45, 7) is 4.14. The molecular weight excluding hydrogens is 366 g/mol. The molecule has 2 rings (SSSR count). The average molecular weight is 389 g/mol. The van der Waals surface area contributed by atoms with Crippen LogP contribution in [0.5, 0.6) is 5.75 Å². The van der Waals surface area contributed by atoms with Crippen LogP contribution in [-0.2, 0) is 32.2 Å². The number of methoxy groups -OCH3 is 2. The Kier molecular flexibility index (Phi) is 9.36. The van der Waals surface area contributed by atoms with E-state index >= 15 is 0 Å². The zero-order valence-corrected chi connectivity index (χ0v) is 16.3. The molecule has 8 heteroatoms. The van der Waals surface area contributed by atoms with E-state index in [1.807, 2.05) is 37.3 Å². The molecule has 8 nitrogen and oxygen atoms in total. The van der Waals surface area contributed by atoms with Crippen molar-refractivity contribution in [3.63, 3.8) is 0 Å². The summed E-state index contributed by atoms with van der Waals surface area (Å²) in [5.74, 6) is -0.623. The average Bonchev–Trinajstić information content (AvgIpc) is 2.70. The Morgan fingerprint density at radius 1 is 1.18 bits per heavy atom. The fraction of sp³-hybridized carbons (Fsp3) is 0.350. The third-order valence-electron chi connectivity index (χ3n) is 3.88. The minimum absolute atomic E-state index is 0.000920. The monoisotopic (exact) mass is 389 g/mol. The number of aryl methyl sites for hydroxylation is 1. The highest BCUT2D eigenvalue weighted by atomic mass is 16.5. The van der Waals surface area contributed by atoms with Crippen molar-refractivity contribution >= 4 is 12.1 Å². The van der Waals surface area contributed by atoms with E-state index in [0.717, 1.165) is 5.56 Å². The number of carbonyl (C=O) groups is 1. The van der Waals surface area contributed by atoms with Gasteiger partial charge < -0.3 is 18.8 Å². The minimum atomic E-state index is -0.622. The molecule has 0 aliphatic rings. The van der Waals surface area contributed by atoms with Crippen LogP contribution < -0.4 is 10.2 Å². The number of benzene rings is 1. The van der Waals surface area contributed by atoms with Crippen molar-refractivity contribution < 1.29 is 28.6 Å². The summed E-state index contributed by atoms with van der Waals surface area (Å²) in [5.41, 5.74) is 1.16. The molecular formula is C20H23NO7. The van der Waals surface area contributed by atoms with E-state index in [1.54, 1.807) is 24.8 Å². The van der Waals surface area contributed by atoms with Crippen LogP contribution in [0.15, 0.2) is 41.3 Å². The molecule has 1 aromatic carbocycles. The van der Waals surface area contributed by atoms with Crippen molar-refractivity contribution in [2.24, 2.45) is 0 Å². The first-order valence-corrected chi connectivity index (χ1v) is 8.40. The second-order valence-electron chi connectivity index (χ2n) is 5.87. The van der Waals surface area contributed by atoms with E-state index in [2.05, 4.69) is 0 Å². The maximum absolute atomic E-state index is 12.6. The molecule has 0 spiro atoms. The quantitative estimate of drug-likeness (QED) is 0.667. The van der Waals surface area contributed by atoms with Crippen molar-refractivity contribution in [2.45, 2.75) is 33.1 Å². The topological polar surface area (TPSA) is 101 Å². The Balaban J connectivity index is 0.00000122. The van der Waals surface area contributed by atoms with Crippen LogP contribution >= 0.6 is 0 Å². The lowest BCUT2D eigenvalue weighted by Crippen LogP contribution is -2.26. The van der Waals surface area contributed by atoms with E-state index in [9.17, 15) is 9.59 Å². The Labute approximate surface area is 162 Å². The van der Waals surface area contributed by atoms with Gasteiger partial charge in [-0.05, 0) is 19.4 Å². The number of rotatable bonds is 7. The van der Waals surface area contributed by atoms with E-state index < -0.39 is 5.97 Å². The first kappa shape index (κ1) is 22.8. The van der Waals surface area contributed by atoms with Crippen molar-refractivity contribution in [3.8, 4) is 5.75 Å². The van der Waals surface area contributed by atoms with Gasteiger partial charge in [-0.2, -0.15) is 9.59 Å². The number of hydrogen-bond acceptors (Lipinski definition) is 7. The van der Waals surface area contributed by atoms with Gasteiger partial charge in [-0.25, -0.2) is 4.79 Å². The van der Waals surface area contributed by atoms with Crippen LogP contribution in [-0.4, -0.2) is 37.0 Å². The molecule has 1 aromatic heterocycles. The van der Waals surface area contributed by atoms with Gasteiger partial charge in [0.1, 0.15) is 6.61 Å². The van der Waals surface area contributed by atoms with E-state index in [0.29, 0.717) is 12.1 Å². The second kappa shape index (κ2) is 11.5. The van der Waals surface area contributed by atoms with Gasteiger partial charge in [0.15, 0.2) is 11.4 Å². The smallest absolute Gasteiger partial charge is 0.373 e. The number of aromatic nitrogens is 1. The summed E-state index contributed by atoms with van der Waals surface area (Å²) in [4.78, 5) is 41.1. The molecule has 0 saturated heterocycles. The Morgan fingerprint density at radius 2 is 1.79 bits per heavy atom. The normalized spacial score (nSPS) is 10.9. The van der Waals surface area contributed by atoms with E-state index in [1.165, 1.54) is 7.11 Å². The molecule has 0 bridgehead atoms. The molecule has 1 heterocycles. The van der Waals surface area contributed by atoms with Gasteiger partial charge in [0, 0.05) is 25.4 Å². The Morgan fingerprint density at radius 3 is 2.32 bits per heavy atom. The van der Waals surface area contributed by atoms with Gasteiger partial charge in [-0.1, -0.05) is 30.3 Å². The fourth-order valence-corrected chi connectivity index (χ4v) is 2.44. The molecule has 1 unspecified atom stereocenters. The van der Waals surface area contributed by atoms with Crippen molar-refractivity contribution in [2.75, 3.05) is 14.2 Å². The Bertz CT molecular complexity index is 868. The lowest BCUT2D eigenvalue weighted by atomic mass is 10.2. The number of pyridine rings is 1. The highest BCUT2D eigenvalue weighted by Gasteiger charge is 2.23. The Hall–Kier alpha value is -3.22. The predicted molar refractivity (Wildman–Crippen MR) is 99.0 cm³/mol. The third kappa shape index (κ3) is 6.19. The number of esters is 1. The van der Waals surface area contributed by atoms with Crippen LogP contribution in [0.3, 0.4) is 0 Å². The highest BCUT2D eigenvalue weighted by Crippen LogP contribution is 2.19. The third-order valence-corrected chi connectivity index (χ3v) is 3.88. The van der Waals surface area contributed by atoms with Crippen LogP contribution in [0.1, 0.15) is 28.5 Å². The molecule has 0 radical (unpaired) electrons. The molecule has 28 heavy (non-hydrogen) atoms. The molecule has 0 fully saturated rings. The number of hydrogen-bond donors (Lipinski definition) is 0. The summed E-state index contributed by atoms with van der Waals surface area (Å²) >= 11 is 0. The van der Waals surface area contributed by atoms with Crippen molar-refractivity contribution in [1.82, 2.24) is 4.57 Å². The molecule has 0 aliphatic heterocycles. The van der Waals surface area contributed by atoms with E-state index in [-0.39, 0.29) is 35.7 Å². The first-order valence-electron chi connectivity index (χ1n) is 8.40. The molecule has 2 aromatic rings. The molecule has 1 atom stereocenters. The highest BCUT2D eigenvalue weighted by molar-refractivity contribution is 5.90. The van der Waals surface area contributed by atoms with Gasteiger partial charge in [-0.15, -0.1) is 0 Å². The lowest BCUT2D eigenvalue weighted by Gasteiger charge is -2.19. The first-order chi connectivity index (χ1) is 13.4. The SMILES string of the molecule is COC(=O)c1c(OCc2ccccc2)c(=O)c(C)cn1CC(C)OC.O=C=O. The number of ether oxygens (including phenoxy) is 3. The van der Waals surface area contributed by atoms with Crippen molar-refractivity contribution in [1.29, 1.82) is 0 Å². The summed E-state index contributed by atoms with van der Waals surface area (Å²) in [5, 5.41) is 0. The maximum atomic E-state index is 12.6. The summed E-state index contributed by atoms with van der Waals surface area (Å²) in [6, 6.07) is 9.44. The summed E-state index contributed by atoms with van der Waals surface area (Å²) in [7, 11) is 2.86. The predicted octanol–water partition coefficient (Wildman–Crippen LogP) is 1.97. The fourth-order valence-electron chi connectivity index (χ4n) is 2.44. The number of nitrogens with zero attached hydrogens (tertiary/aromatic N) is 1. The minimum Gasteiger partial charge on any atom is -0.482 e. The van der Waals surface area contributed by atoms with Crippen molar-refractivity contribution in [3.05, 3.63) is 63.6 Å². The van der Waals surface area contributed by atoms with Gasteiger partial charge in [0.05, 0.1) is 13.2 Å². The maximum Gasteiger partial charge on any atom is 0.373 e. The standard InChI is InChI=1S/C19H23NO5.CO2/c1-13-10-20(11-14(2)23-3)16(19(22)24-4)18(17(13)21)25-12-15-8-6-5-7-9-15;2-1-3/h5-10,14H,11-12H2,1-4H3;. The molecule has 150 valence electrons. The molecule has 0 N–H and O–H groups in total. The van der Waals surface area contributed by atoms with Crippen LogP contribution in [0.25, 0.3) is 0 Å². The zero-order valence-electron chi connectivity index (χ0n) is 16.3. The van der Waals surface area contributed by atoms with Gasteiger partial charge in [-0.3, -0.25) is 4.79 Å². The number of carbonyl (C=O) groups excluding carboxylic acids is 3. The van der Waals surface area contributed by atoms with Crippen LogP contribution in [0.2, 0.25) is 0 Å².